The second-order valence-corrected chi connectivity index (χ2v) is 4.14. The molecule has 1 aromatic carbocycles. The van der Waals surface area contributed by atoms with Gasteiger partial charge in [-0.1, -0.05) is 11.6 Å². The highest BCUT2D eigenvalue weighted by Gasteiger charge is 2.12. The summed E-state index contributed by atoms with van der Waals surface area (Å²) in [5.41, 5.74) is 3.30. The van der Waals surface area contributed by atoms with Crippen LogP contribution in [-0.4, -0.2) is 20.3 Å². The third kappa shape index (κ3) is 2.19. The summed E-state index contributed by atoms with van der Waals surface area (Å²) in [7, 11) is 0. The number of hydrazine groups is 1. The van der Waals surface area contributed by atoms with E-state index in [9.17, 15) is 4.39 Å². The normalized spacial score (nSPS) is 10.8. The first-order chi connectivity index (χ1) is 9.67. The third-order valence-electron chi connectivity index (χ3n) is 2.43. The van der Waals surface area contributed by atoms with Gasteiger partial charge in [0.15, 0.2) is 11.6 Å². The Balaban J connectivity index is 2.01. The third-order valence-corrected chi connectivity index (χ3v) is 2.72. The van der Waals surface area contributed by atoms with Gasteiger partial charge in [0.25, 0.3) is 0 Å². The first kappa shape index (κ1) is 12.5. The van der Waals surface area contributed by atoms with Crippen LogP contribution in [0.1, 0.15) is 0 Å². The SMILES string of the molecule is NNc1nc2nonc2nc1Nc1ccc(F)c(Cl)c1. The summed E-state index contributed by atoms with van der Waals surface area (Å²) in [4.78, 5) is 8.19. The average Bonchev–Trinajstić information content (AvgIpc) is 2.89. The maximum absolute atomic E-state index is 13.1. The molecule has 0 aliphatic heterocycles. The first-order valence-electron chi connectivity index (χ1n) is 5.36. The summed E-state index contributed by atoms with van der Waals surface area (Å²) in [5, 5.41) is 10.00. The fourth-order valence-electron chi connectivity index (χ4n) is 1.54. The van der Waals surface area contributed by atoms with Crippen LogP contribution in [0.25, 0.3) is 11.3 Å². The molecule has 0 amide bonds. The van der Waals surface area contributed by atoms with Crippen molar-refractivity contribution in [1.82, 2.24) is 20.3 Å². The zero-order valence-corrected chi connectivity index (χ0v) is 10.5. The number of nitrogens with two attached hydrogens (primary N) is 1. The molecule has 0 aliphatic rings. The van der Waals surface area contributed by atoms with E-state index in [1.165, 1.54) is 18.2 Å². The summed E-state index contributed by atoms with van der Waals surface area (Å²) in [5.74, 6) is 5.35. The molecule has 0 saturated carbocycles. The zero-order chi connectivity index (χ0) is 14.1. The Morgan fingerprint density at radius 1 is 1.15 bits per heavy atom. The molecule has 0 aliphatic carbocycles. The Kier molecular flexibility index (Phi) is 3.05. The Labute approximate surface area is 116 Å². The number of nitrogens with one attached hydrogen (secondary N) is 2. The number of nitrogen functional groups attached to an aromatic ring is 1. The lowest BCUT2D eigenvalue weighted by atomic mass is 10.3. The van der Waals surface area contributed by atoms with Gasteiger partial charge in [0.1, 0.15) is 5.82 Å². The molecule has 102 valence electrons. The maximum atomic E-state index is 13.1. The van der Waals surface area contributed by atoms with Crippen LogP contribution in [0.4, 0.5) is 21.7 Å². The van der Waals surface area contributed by atoms with Crippen LogP contribution in [-0.2, 0) is 0 Å². The Hall–Kier alpha value is -2.52. The standard InChI is InChI=1S/C10H7ClFN7O/c11-5-3-4(1-2-6(5)12)14-7-8(17-13)16-10-9(15-7)18-20-19-10/h1-3H,13H2,(H,14,15,18)(H,16,17,19). The van der Waals surface area contributed by atoms with E-state index in [1.807, 2.05) is 0 Å². The van der Waals surface area contributed by atoms with Crippen LogP contribution in [0.15, 0.2) is 22.8 Å². The number of nitrogens with zero attached hydrogens (tertiary/aromatic N) is 4. The van der Waals surface area contributed by atoms with Crippen molar-refractivity contribution in [3.8, 4) is 0 Å². The fourth-order valence-corrected chi connectivity index (χ4v) is 1.72. The van der Waals surface area contributed by atoms with Crippen LogP contribution in [0.3, 0.4) is 0 Å². The monoisotopic (exact) mass is 295 g/mol. The molecule has 3 rings (SSSR count). The summed E-state index contributed by atoms with van der Waals surface area (Å²) in [6.45, 7) is 0. The van der Waals surface area contributed by atoms with Crippen molar-refractivity contribution in [2.24, 2.45) is 5.84 Å². The van der Waals surface area contributed by atoms with Gasteiger partial charge >= 0.3 is 0 Å². The highest BCUT2D eigenvalue weighted by molar-refractivity contribution is 6.31. The minimum Gasteiger partial charge on any atom is -0.337 e. The average molecular weight is 296 g/mol. The minimum absolute atomic E-state index is 0.0191. The minimum atomic E-state index is -0.517. The van der Waals surface area contributed by atoms with Crippen molar-refractivity contribution in [1.29, 1.82) is 0 Å². The van der Waals surface area contributed by atoms with Gasteiger partial charge in [-0.25, -0.2) is 19.8 Å². The van der Waals surface area contributed by atoms with E-state index in [4.69, 9.17) is 17.4 Å². The molecule has 0 atom stereocenters. The van der Waals surface area contributed by atoms with Crippen LogP contribution < -0.4 is 16.6 Å². The maximum Gasteiger partial charge on any atom is 0.245 e. The van der Waals surface area contributed by atoms with Gasteiger partial charge < -0.3 is 10.7 Å². The van der Waals surface area contributed by atoms with E-state index in [0.29, 0.717) is 5.69 Å². The molecule has 0 spiro atoms. The van der Waals surface area contributed by atoms with Crippen molar-refractivity contribution < 1.29 is 9.02 Å². The topological polar surface area (TPSA) is 115 Å². The number of hydrogen-bond donors (Lipinski definition) is 3. The Morgan fingerprint density at radius 2 is 1.85 bits per heavy atom. The van der Waals surface area contributed by atoms with E-state index in [2.05, 4.69) is 35.7 Å². The molecule has 20 heavy (non-hydrogen) atoms. The quantitative estimate of drug-likeness (QED) is 0.495. The molecular formula is C10H7ClFN7O. The predicted octanol–water partition coefficient (Wildman–Crippen LogP) is 1.83. The van der Waals surface area contributed by atoms with Gasteiger partial charge in [-0.15, -0.1) is 0 Å². The summed E-state index contributed by atoms with van der Waals surface area (Å²) in [6, 6.07) is 4.13. The Morgan fingerprint density at radius 3 is 2.50 bits per heavy atom. The molecule has 0 unspecified atom stereocenters. The van der Waals surface area contributed by atoms with Crippen LogP contribution >= 0.6 is 11.6 Å². The van der Waals surface area contributed by atoms with E-state index in [0.717, 1.165) is 0 Å². The first-order valence-corrected chi connectivity index (χ1v) is 5.74. The van der Waals surface area contributed by atoms with Crippen molar-refractivity contribution in [2.45, 2.75) is 0 Å². The van der Waals surface area contributed by atoms with Crippen LogP contribution in [0.2, 0.25) is 5.02 Å². The number of fused-ring (bicyclic) bond motifs is 1. The van der Waals surface area contributed by atoms with Gasteiger partial charge in [-0.2, -0.15) is 4.98 Å². The second-order valence-electron chi connectivity index (χ2n) is 3.73. The number of benzene rings is 1. The molecule has 2 aromatic heterocycles. The van der Waals surface area contributed by atoms with Crippen molar-refractivity contribution in [3.05, 3.63) is 29.0 Å². The zero-order valence-electron chi connectivity index (χ0n) is 9.76. The van der Waals surface area contributed by atoms with Gasteiger partial charge in [-0.3, -0.25) is 0 Å². The Bertz CT molecular complexity index is 777. The number of halogens is 2. The molecule has 2 heterocycles. The van der Waals surface area contributed by atoms with Crippen molar-refractivity contribution >= 4 is 40.2 Å². The van der Waals surface area contributed by atoms with Crippen LogP contribution in [0.5, 0.6) is 0 Å². The predicted molar refractivity (Wildman–Crippen MR) is 69.9 cm³/mol. The van der Waals surface area contributed by atoms with Gasteiger partial charge in [0.2, 0.25) is 11.3 Å². The van der Waals surface area contributed by atoms with Crippen LogP contribution in [0, 0.1) is 5.82 Å². The molecule has 10 heteroatoms. The number of anilines is 3. The fraction of sp³-hybridized carbons (Fsp3) is 0. The molecule has 8 nitrogen and oxygen atoms in total. The summed E-state index contributed by atoms with van der Waals surface area (Å²) >= 11 is 5.70. The van der Waals surface area contributed by atoms with Gasteiger partial charge in [0, 0.05) is 5.69 Å². The van der Waals surface area contributed by atoms with E-state index in [1.54, 1.807) is 0 Å². The van der Waals surface area contributed by atoms with E-state index in [-0.39, 0.29) is 28.0 Å². The smallest absolute Gasteiger partial charge is 0.245 e. The lowest BCUT2D eigenvalue weighted by molar-refractivity contribution is 0.314. The van der Waals surface area contributed by atoms with E-state index >= 15 is 0 Å². The number of rotatable bonds is 3. The lowest BCUT2D eigenvalue weighted by Crippen LogP contribution is -2.12. The largest absolute Gasteiger partial charge is 0.337 e. The highest BCUT2D eigenvalue weighted by atomic mass is 35.5. The highest BCUT2D eigenvalue weighted by Crippen LogP contribution is 2.25. The number of aromatic nitrogens is 4. The molecule has 0 radical (unpaired) electrons. The summed E-state index contributed by atoms with van der Waals surface area (Å²) in [6.07, 6.45) is 0. The number of hydrogen-bond acceptors (Lipinski definition) is 8. The lowest BCUT2D eigenvalue weighted by Gasteiger charge is -2.09. The van der Waals surface area contributed by atoms with Gasteiger partial charge in [0.05, 0.1) is 5.02 Å². The van der Waals surface area contributed by atoms with E-state index < -0.39 is 5.82 Å². The molecule has 0 bridgehead atoms. The molecular weight excluding hydrogens is 289 g/mol. The molecule has 3 aromatic rings. The molecule has 4 N–H and O–H groups in total. The molecule has 0 fully saturated rings. The van der Waals surface area contributed by atoms with Crippen molar-refractivity contribution in [3.63, 3.8) is 0 Å². The molecule has 0 saturated heterocycles. The summed E-state index contributed by atoms with van der Waals surface area (Å²) < 4.78 is 17.6. The second kappa shape index (κ2) is 4.87. The van der Waals surface area contributed by atoms with Crippen molar-refractivity contribution in [2.75, 3.05) is 10.7 Å². The van der Waals surface area contributed by atoms with Gasteiger partial charge in [-0.05, 0) is 28.5 Å².